The lowest BCUT2D eigenvalue weighted by Crippen LogP contribution is -2.47. The predicted molar refractivity (Wildman–Crippen MR) is 107 cm³/mol. The van der Waals surface area contributed by atoms with Crippen molar-refractivity contribution in [2.45, 2.75) is 6.54 Å². The van der Waals surface area contributed by atoms with Crippen molar-refractivity contribution in [3.63, 3.8) is 0 Å². The summed E-state index contributed by atoms with van der Waals surface area (Å²) in [6, 6.07) is 10.00. The smallest absolute Gasteiger partial charge is 0.246 e. The normalized spacial score (nSPS) is 15.4. The van der Waals surface area contributed by atoms with Crippen LogP contribution < -0.4 is 0 Å². The van der Waals surface area contributed by atoms with Crippen molar-refractivity contribution in [2.24, 2.45) is 0 Å². The lowest BCUT2D eigenvalue weighted by Gasteiger charge is -2.33. The lowest BCUT2D eigenvalue weighted by atomic mass is 10.2. The van der Waals surface area contributed by atoms with Crippen LogP contribution in [0.5, 0.6) is 0 Å². The topological polar surface area (TPSA) is 49.6 Å². The van der Waals surface area contributed by atoms with E-state index in [9.17, 15) is 9.18 Å². The second kappa shape index (κ2) is 8.50. The van der Waals surface area contributed by atoms with Crippen LogP contribution >= 0.6 is 11.3 Å². The highest BCUT2D eigenvalue weighted by atomic mass is 32.1. The third kappa shape index (κ3) is 4.55. The zero-order valence-electron chi connectivity index (χ0n) is 15.3. The molecule has 3 heterocycles. The van der Waals surface area contributed by atoms with Crippen LogP contribution in [-0.4, -0.2) is 46.9 Å². The molecule has 0 aliphatic carbocycles. The molecule has 0 atom stereocenters. The van der Waals surface area contributed by atoms with Crippen LogP contribution in [0.4, 0.5) is 4.39 Å². The number of hydrogen-bond acceptors (Lipinski definition) is 5. The predicted octanol–water partition coefficient (Wildman–Crippen LogP) is 3.90. The van der Waals surface area contributed by atoms with Crippen LogP contribution in [0.2, 0.25) is 0 Å². The fraction of sp³-hybridized carbons (Fsp3) is 0.238. The minimum atomic E-state index is -0.245. The molecule has 1 fully saturated rings. The monoisotopic (exact) mass is 397 g/mol. The Balaban J connectivity index is 1.29. The van der Waals surface area contributed by atoms with Crippen molar-refractivity contribution in [3.8, 4) is 11.3 Å². The summed E-state index contributed by atoms with van der Waals surface area (Å²) in [6.45, 7) is 3.77. The molecule has 0 unspecified atom stereocenters. The summed E-state index contributed by atoms with van der Waals surface area (Å²) in [5, 5.41) is 3.03. The number of benzene rings is 1. The molecule has 0 spiro atoms. The Morgan fingerprint density at radius 1 is 1.18 bits per heavy atom. The van der Waals surface area contributed by atoms with Gasteiger partial charge in [-0.15, -0.1) is 11.3 Å². The molecule has 1 aliphatic heterocycles. The van der Waals surface area contributed by atoms with E-state index in [4.69, 9.17) is 4.42 Å². The van der Waals surface area contributed by atoms with E-state index in [0.717, 1.165) is 35.9 Å². The zero-order valence-corrected chi connectivity index (χ0v) is 16.1. The molecule has 1 amide bonds. The Morgan fingerprint density at radius 2 is 1.96 bits per heavy atom. The fourth-order valence-electron chi connectivity index (χ4n) is 3.10. The van der Waals surface area contributed by atoms with Gasteiger partial charge in [-0.05, 0) is 42.5 Å². The van der Waals surface area contributed by atoms with Gasteiger partial charge in [0.05, 0.1) is 18.5 Å². The molecule has 28 heavy (non-hydrogen) atoms. The Hall–Kier alpha value is -2.77. The van der Waals surface area contributed by atoms with Crippen molar-refractivity contribution < 1.29 is 13.6 Å². The summed E-state index contributed by atoms with van der Waals surface area (Å²) in [5.41, 5.74) is 1.79. The third-order valence-corrected chi connectivity index (χ3v) is 5.50. The number of amides is 1. The van der Waals surface area contributed by atoms with E-state index in [-0.39, 0.29) is 11.7 Å². The van der Waals surface area contributed by atoms with Crippen LogP contribution in [-0.2, 0) is 11.3 Å². The highest BCUT2D eigenvalue weighted by Gasteiger charge is 2.20. The number of carbonyl (C=O) groups excluding carboxylic acids is 1. The van der Waals surface area contributed by atoms with Crippen molar-refractivity contribution in [1.82, 2.24) is 14.8 Å². The van der Waals surface area contributed by atoms with Gasteiger partial charge < -0.3 is 9.32 Å². The van der Waals surface area contributed by atoms with Crippen LogP contribution in [0.15, 0.2) is 58.5 Å². The third-order valence-electron chi connectivity index (χ3n) is 4.67. The van der Waals surface area contributed by atoms with E-state index in [1.54, 1.807) is 48.0 Å². The Morgan fingerprint density at radius 3 is 2.68 bits per heavy atom. The van der Waals surface area contributed by atoms with E-state index in [2.05, 4.69) is 9.88 Å². The average molecular weight is 397 g/mol. The van der Waals surface area contributed by atoms with Crippen molar-refractivity contribution in [3.05, 3.63) is 70.7 Å². The SMILES string of the molecule is O=C(/C=C/c1ccco1)N1CCN(Cc2nc(-c3ccc(F)cc3)cs2)CC1. The van der Waals surface area contributed by atoms with Crippen LogP contribution in [0, 0.1) is 5.82 Å². The molecule has 144 valence electrons. The number of aromatic nitrogens is 1. The first-order valence-electron chi connectivity index (χ1n) is 9.10. The first-order chi connectivity index (χ1) is 13.7. The van der Waals surface area contributed by atoms with Gasteiger partial charge in [-0.1, -0.05) is 0 Å². The van der Waals surface area contributed by atoms with Gasteiger partial charge in [-0.2, -0.15) is 0 Å². The van der Waals surface area contributed by atoms with Gasteiger partial charge in [0, 0.05) is 43.2 Å². The molecule has 0 bridgehead atoms. The van der Waals surface area contributed by atoms with Gasteiger partial charge in [-0.3, -0.25) is 9.69 Å². The maximum atomic E-state index is 13.1. The van der Waals surface area contributed by atoms with Gasteiger partial charge in [0.25, 0.3) is 0 Å². The zero-order chi connectivity index (χ0) is 19.3. The van der Waals surface area contributed by atoms with E-state index in [1.165, 1.54) is 12.1 Å². The number of furan rings is 1. The van der Waals surface area contributed by atoms with E-state index in [0.29, 0.717) is 18.8 Å². The Labute approximate surface area is 166 Å². The van der Waals surface area contributed by atoms with Gasteiger partial charge >= 0.3 is 0 Å². The molecule has 1 saturated heterocycles. The Bertz CT molecular complexity index is 942. The van der Waals surface area contributed by atoms with Gasteiger partial charge in [0.1, 0.15) is 16.6 Å². The Kier molecular flexibility index (Phi) is 5.64. The maximum Gasteiger partial charge on any atom is 0.246 e. The molecule has 1 aromatic carbocycles. The first-order valence-corrected chi connectivity index (χ1v) is 9.98. The lowest BCUT2D eigenvalue weighted by molar-refractivity contribution is -0.127. The number of carbonyl (C=O) groups is 1. The molecule has 2 aromatic heterocycles. The average Bonchev–Trinajstić information content (AvgIpc) is 3.39. The fourth-order valence-corrected chi connectivity index (χ4v) is 3.94. The van der Waals surface area contributed by atoms with Gasteiger partial charge in [0.2, 0.25) is 5.91 Å². The molecule has 0 saturated carbocycles. The summed E-state index contributed by atoms with van der Waals surface area (Å²) < 4.78 is 18.3. The molecule has 5 nitrogen and oxygen atoms in total. The molecule has 3 aromatic rings. The molecule has 7 heteroatoms. The highest BCUT2D eigenvalue weighted by molar-refractivity contribution is 7.09. The second-order valence-corrected chi connectivity index (χ2v) is 7.53. The number of nitrogens with zero attached hydrogens (tertiary/aromatic N) is 3. The first kappa shape index (κ1) is 18.6. The second-order valence-electron chi connectivity index (χ2n) is 6.58. The van der Waals surface area contributed by atoms with Gasteiger partial charge in [0.15, 0.2) is 0 Å². The van der Waals surface area contributed by atoms with Crippen molar-refractivity contribution >= 4 is 23.3 Å². The number of piperazine rings is 1. The summed E-state index contributed by atoms with van der Waals surface area (Å²) in [5.74, 6) is 0.433. The number of rotatable bonds is 5. The maximum absolute atomic E-state index is 13.1. The molecule has 0 radical (unpaired) electrons. The molecule has 0 N–H and O–H groups in total. The summed E-state index contributed by atoms with van der Waals surface area (Å²) in [6.07, 6.45) is 4.84. The molecule has 4 rings (SSSR count). The van der Waals surface area contributed by atoms with Crippen molar-refractivity contribution in [1.29, 1.82) is 0 Å². The number of hydrogen-bond donors (Lipinski definition) is 0. The van der Waals surface area contributed by atoms with Crippen molar-refractivity contribution in [2.75, 3.05) is 26.2 Å². The van der Waals surface area contributed by atoms with E-state index in [1.807, 2.05) is 16.3 Å². The molecule has 1 aliphatic rings. The molecular formula is C21H20FN3O2S. The van der Waals surface area contributed by atoms with Gasteiger partial charge in [-0.25, -0.2) is 9.37 Å². The van der Waals surface area contributed by atoms with Crippen LogP contribution in [0.3, 0.4) is 0 Å². The molecular weight excluding hydrogens is 377 g/mol. The summed E-state index contributed by atoms with van der Waals surface area (Å²) >= 11 is 1.61. The van der Waals surface area contributed by atoms with Crippen LogP contribution in [0.1, 0.15) is 10.8 Å². The van der Waals surface area contributed by atoms with Crippen LogP contribution in [0.25, 0.3) is 17.3 Å². The highest BCUT2D eigenvalue weighted by Crippen LogP contribution is 2.23. The minimum absolute atomic E-state index is 0.00361. The number of halogens is 1. The van der Waals surface area contributed by atoms with E-state index >= 15 is 0 Å². The standard InChI is InChI=1S/C21H20FN3O2S/c22-17-5-3-16(4-6-17)19-15-28-20(23-19)14-24-9-11-25(12-10-24)21(26)8-7-18-2-1-13-27-18/h1-8,13,15H,9-12,14H2/b8-7+. The largest absolute Gasteiger partial charge is 0.465 e. The van der Waals surface area contributed by atoms with E-state index < -0.39 is 0 Å². The minimum Gasteiger partial charge on any atom is -0.465 e. The quantitative estimate of drug-likeness (QED) is 0.613. The summed E-state index contributed by atoms with van der Waals surface area (Å²) in [7, 11) is 0. The number of thiazole rings is 1. The summed E-state index contributed by atoms with van der Waals surface area (Å²) in [4.78, 5) is 21.1.